The predicted molar refractivity (Wildman–Crippen MR) is 140 cm³/mol. The average molecular weight is 486 g/mol. The third-order valence-electron chi connectivity index (χ3n) is 7.34. The lowest BCUT2D eigenvalue weighted by Gasteiger charge is -2.29. The molecule has 1 saturated carbocycles. The first-order valence-corrected chi connectivity index (χ1v) is 12.7. The number of rotatable bonds is 6. The molecule has 0 N–H and O–H groups in total. The van der Waals surface area contributed by atoms with Crippen LogP contribution in [0.5, 0.6) is 5.75 Å². The summed E-state index contributed by atoms with van der Waals surface area (Å²) in [6.45, 7) is 3.89. The van der Waals surface area contributed by atoms with Gasteiger partial charge in [-0.1, -0.05) is 18.2 Å². The third kappa shape index (κ3) is 4.72. The zero-order valence-corrected chi connectivity index (χ0v) is 21.0. The second-order valence-electron chi connectivity index (χ2n) is 9.92. The minimum absolute atomic E-state index is 0.000501. The molecule has 0 unspecified atom stereocenters. The van der Waals surface area contributed by atoms with E-state index in [0.717, 1.165) is 42.3 Å². The monoisotopic (exact) mass is 485 g/mol. The largest absolute Gasteiger partial charge is 0.490 e. The fourth-order valence-corrected chi connectivity index (χ4v) is 5.12. The summed E-state index contributed by atoms with van der Waals surface area (Å²) in [5, 5.41) is 1.12. The SMILES string of the molecule is CC(C)N(C)C(=O)c1cc(F)ccc1-n1cc(C2CCC(Oc3ccccc3)CC2)c2ccncc21. The van der Waals surface area contributed by atoms with Gasteiger partial charge in [0, 0.05) is 30.9 Å². The van der Waals surface area contributed by atoms with Gasteiger partial charge in [-0.05, 0) is 87.4 Å². The van der Waals surface area contributed by atoms with Crippen molar-refractivity contribution in [2.24, 2.45) is 0 Å². The van der Waals surface area contributed by atoms with Gasteiger partial charge in [0.15, 0.2) is 0 Å². The first-order valence-electron chi connectivity index (χ1n) is 12.7. The minimum Gasteiger partial charge on any atom is -0.490 e. The van der Waals surface area contributed by atoms with E-state index in [4.69, 9.17) is 4.74 Å². The van der Waals surface area contributed by atoms with Gasteiger partial charge in [-0.15, -0.1) is 0 Å². The molecule has 0 atom stereocenters. The Hall–Kier alpha value is -3.67. The summed E-state index contributed by atoms with van der Waals surface area (Å²) in [6, 6.07) is 16.5. The van der Waals surface area contributed by atoms with Crippen molar-refractivity contribution < 1.29 is 13.9 Å². The van der Waals surface area contributed by atoms with Crippen molar-refractivity contribution in [1.29, 1.82) is 0 Å². The van der Waals surface area contributed by atoms with Gasteiger partial charge in [-0.25, -0.2) is 4.39 Å². The summed E-state index contributed by atoms with van der Waals surface area (Å²) in [5.74, 6) is 0.671. The molecule has 36 heavy (non-hydrogen) atoms. The van der Waals surface area contributed by atoms with Gasteiger partial charge < -0.3 is 14.2 Å². The van der Waals surface area contributed by atoms with Crippen LogP contribution in [-0.4, -0.2) is 39.6 Å². The zero-order chi connectivity index (χ0) is 25.2. The molecule has 0 aliphatic heterocycles. The topological polar surface area (TPSA) is 47.4 Å². The Labute approximate surface area is 211 Å². The number of para-hydroxylation sites is 1. The first kappa shape index (κ1) is 24.0. The van der Waals surface area contributed by atoms with Crippen molar-refractivity contribution in [2.45, 2.75) is 57.6 Å². The molecule has 1 aliphatic rings. The van der Waals surface area contributed by atoms with Crippen molar-refractivity contribution in [1.82, 2.24) is 14.5 Å². The van der Waals surface area contributed by atoms with Crippen molar-refractivity contribution in [3.8, 4) is 11.4 Å². The maximum Gasteiger partial charge on any atom is 0.256 e. The van der Waals surface area contributed by atoms with Crippen LogP contribution >= 0.6 is 0 Å². The lowest BCUT2D eigenvalue weighted by atomic mass is 9.82. The summed E-state index contributed by atoms with van der Waals surface area (Å²) >= 11 is 0. The first-order chi connectivity index (χ1) is 17.4. The van der Waals surface area contributed by atoms with E-state index >= 15 is 0 Å². The highest BCUT2D eigenvalue weighted by Crippen LogP contribution is 2.39. The quantitative estimate of drug-likeness (QED) is 0.303. The standard InChI is InChI=1S/C30H32FN3O2/c1-20(2)33(3)30(35)26-17-22(31)11-14-28(26)34-19-27(25-15-16-32-18-29(25)34)21-9-12-24(13-10-21)36-23-7-5-4-6-8-23/h4-8,11,14-21,24H,9-10,12-13H2,1-3H3. The van der Waals surface area contributed by atoms with Crippen LogP contribution in [0.15, 0.2) is 73.2 Å². The van der Waals surface area contributed by atoms with Crippen LogP contribution in [0.3, 0.4) is 0 Å². The van der Waals surface area contributed by atoms with E-state index in [1.165, 1.54) is 17.7 Å². The molecular formula is C30H32FN3O2. The normalized spacial score (nSPS) is 17.9. The molecule has 1 aliphatic carbocycles. The molecule has 1 fully saturated rings. The minimum atomic E-state index is -0.425. The van der Waals surface area contributed by atoms with Crippen LogP contribution in [-0.2, 0) is 0 Å². The van der Waals surface area contributed by atoms with E-state index in [1.54, 1.807) is 18.0 Å². The van der Waals surface area contributed by atoms with Gasteiger partial charge in [-0.3, -0.25) is 9.78 Å². The predicted octanol–water partition coefficient (Wildman–Crippen LogP) is 6.75. The van der Waals surface area contributed by atoms with E-state index in [9.17, 15) is 9.18 Å². The van der Waals surface area contributed by atoms with Crippen LogP contribution in [0.2, 0.25) is 0 Å². The molecule has 6 heteroatoms. The number of amides is 1. The highest BCUT2D eigenvalue weighted by Gasteiger charge is 2.27. The molecule has 2 heterocycles. The smallest absolute Gasteiger partial charge is 0.256 e. The Kier molecular flexibility index (Phi) is 6.77. The van der Waals surface area contributed by atoms with E-state index in [0.29, 0.717) is 17.2 Å². The fraction of sp³-hybridized carbons (Fsp3) is 0.333. The number of aromatic nitrogens is 2. The molecule has 2 aromatic heterocycles. The highest BCUT2D eigenvalue weighted by atomic mass is 19.1. The molecule has 0 bridgehead atoms. The van der Waals surface area contributed by atoms with Gasteiger partial charge in [-0.2, -0.15) is 0 Å². The molecule has 0 spiro atoms. The average Bonchev–Trinajstić information content (AvgIpc) is 3.28. The number of nitrogens with zero attached hydrogens (tertiary/aromatic N) is 3. The van der Waals surface area contributed by atoms with Crippen molar-refractivity contribution in [3.63, 3.8) is 0 Å². The van der Waals surface area contributed by atoms with Gasteiger partial charge >= 0.3 is 0 Å². The summed E-state index contributed by atoms with van der Waals surface area (Å²) in [6.07, 6.45) is 9.97. The summed E-state index contributed by atoms with van der Waals surface area (Å²) < 4.78 is 22.5. The van der Waals surface area contributed by atoms with E-state index in [1.807, 2.05) is 67.2 Å². The molecule has 0 radical (unpaired) electrons. The molecule has 5 rings (SSSR count). The number of carbonyl (C=O) groups excluding carboxylic acids is 1. The summed E-state index contributed by atoms with van der Waals surface area (Å²) in [7, 11) is 1.75. The molecule has 5 nitrogen and oxygen atoms in total. The Balaban J connectivity index is 1.47. The van der Waals surface area contributed by atoms with E-state index < -0.39 is 5.82 Å². The molecule has 186 valence electrons. The van der Waals surface area contributed by atoms with Crippen LogP contribution < -0.4 is 4.74 Å². The lowest BCUT2D eigenvalue weighted by molar-refractivity contribution is 0.0754. The number of hydrogen-bond acceptors (Lipinski definition) is 3. The maximum absolute atomic E-state index is 14.3. The number of carbonyl (C=O) groups is 1. The lowest BCUT2D eigenvalue weighted by Crippen LogP contribution is -2.33. The Morgan fingerprint density at radius 1 is 1.08 bits per heavy atom. The molecular weight excluding hydrogens is 453 g/mol. The molecule has 4 aromatic rings. The number of ether oxygens (including phenoxy) is 1. The van der Waals surface area contributed by atoms with E-state index in [2.05, 4.69) is 11.2 Å². The second-order valence-corrected chi connectivity index (χ2v) is 9.92. The zero-order valence-electron chi connectivity index (χ0n) is 21.0. The molecule has 2 aromatic carbocycles. The highest BCUT2D eigenvalue weighted by molar-refractivity contribution is 5.99. The van der Waals surface area contributed by atoms with Gasteiger partial charge in [0.05, 0.1) is 29.1 Å². The summed E-state index contributed by atoms with van der Waals surface area (Å²) in [4.78, 5) is 19.3. The Bertz CT molecular complexity index is 1360. The number of hydrogen-bond donors (Lipinski definition) is 0. The van der Waals surface area contributed by atoms with Crippen LogP contribution in [0, 0.1) is 5.82 Å². The van der Waals surface area contributed by atoms with Crippen molar-refractivity contribution >= 4 is 16.8 Å². The number of benzene rings is 2. The number of halogens is 1. The van der Waals surface area contributed by atoms with Crippen LogP contribution in [0.25, 0.3) is 16.6 Å². The maximum atomic E-state index is 14.3. The van der Waals surface area contributed by atoms with Crippen molar-refractivity contribution in [2.75, 3.05) is 7.05 Å². The van der Waals surface area contributed by atoms with Crippen LogP contribution in [0.1, 0.15) is 61.4 Å². The Morgan fingerprint density at radius 2 is 1.83 bits per heavy atom. The number of fused-ring (bicyclic) bond motifs is 1. The Morgan fingerprint density at radius 3 is 2.56 bits per heavy atom. The van der Waals surface area contributed by atoms with Crippen LogP contribution in [0.4, 0.5) is 4.39 Å². The van der Waals surface area contributed by atoms with Gasteiger partial charge in [0.2, 0.25) is 0 Å². The van der Waals surface area contributed by atoms with Crippen molar-refractivity contribution in [3.05, 3.63) is 90.1 Å². The second kappa shape index (κ2) is 10.1. The third-order valence-corrected chi connectivity index (χ3v) is 7.34. The molecule has 0 saturated heterocycles. The van der Waals surface area contributed by atoms with E-state index in [-0.39, 0.29) is 18.1 Å². The fourth-order valence-electron chi connectivity index (χ4n) is 5.12. The summed E-state index contributed by atoms with van der Waals surface area (Å²) in [5.41, 5.74) is 3.17. The van der Waals surface area contributed by atoms with Gasteiger partial charge in [0.1, 0.15) is 11.6 Å². The number of pyridine rings is 1. The molecule has 1 amide bonds. The van der Waals surface area contributed by atoms with Gasteiger partial charge in [0.25, 0.3) is 5.91 Å².